The summed E-state index contributed by atoms with van der Waals surface area (Å²) < 4.78 is 0. The van der Waals surface area contributed by atoms with Crippen molar-refractivity contribution in [2.24, 2.45) is 0 Å². The first-order valence-electron chi connectivity index (χ1n) is 7.22. The number of nitrogens with one attached hydrogen (secondary N) is 1. The Kier molecular flexibility index (Phi) is 4.79. The molecule has 1 aliphatic heterocycles. The van der Waals surface area contributed by atoms with Crippen LogP contribution < -0.4 is 5.32 Å². The molecule has 2 nitrogen and oxygen atoms in total. The number of rotatable bonds is 4. The summed E-state index contributed by atoms with van der Waals surface area (Å²) >= 11 is 0. The molecular weight excluding hydrogens is 220 g/mol. The molecule has 0 radical (unpaired) electrons. The lowest BCUT2D eigenvalue weighted by atomic mass is 10.0. The van der Waals surface area contributed by atoms with Crippen LogP contribution in [-0.2, 0) is 6.42 Å². The van der Waals surface area contributed by atoms with E-state index in [4.69, 9.17) is 0 Å². The second-order valence-corrected chi connectivity index (χ2v) is 5.54. The second-order valence-electron chi connectivity index (χ2n) is 5.54. The zero-order chi connectivity index (χ0) is 13.0. The Balaban J connectivity index is 1.93. The molecule has 100 valence electrons. The molecule has 2 heteroatoms. The molecule has 1 saturated heterocycles. The number of hydrogen-bond acceptors (Lipinski definition) is 2. The van der Waals surface area contributed by atoms with E-state index in [0.717, 1.165) is 6.54 Å². The minimum absolute atomic E-state index is 0.629. The number of benzene rings is 1. The van der Waals surface area contributed by atoms with E-state index in [2.05, 4.69) is 55.3 Å². The largest absolute Gasteiger partial charge is 0.311 e. The van der Waals surface area contributed by atoms with Gasteiger partial charge in [0, 0.05) is 31.7 Å². The Morgan fingerprint density at radius 1 is 1.33 bits per heavy atom. The van der Waals surface area contributed by atoms with E-state index in [1.807, 2.05) is 0 Å². The Labute approximate surface area is 111 Å². The van der Waals surface area contributed by atoms with Crippen molar-refractivity contribution in [3.8, 4) is 0 Å². The summed E-state index contributed by atoms with van der Waals surface area (Å²) in [5.41, 5.74) is 2.92. The van der Waals surface area contributed by atoms with Crippen molar-refractivity contribution in [3.63, 3.8) is 0 Å². The van der Waals surface area contributed by atoms with Crippen molar-refractivity contribution < 1.29 is 0 Å². The molecule has 0 spiro atoms. The summed E-state index contributed by atoms with van der Waals surface area (Å²) in [6, 6.07) is 10.1. The highest BCUT2D eigenvalue weighted by molar-refractivity contribution is 5.25. The predicted molar refractivity (Wildman–Crippen MR) is 78.0 cm³/mol. The standard InChI is InChI=1S/C16H26N2/c1-4-16-11-17-14(3)12-18(16)10-9-15-8-6-5-7-13(15)2/h5-8,14,16-17H,4,9-12H2,1-3H3. The van der Waals surface area contributed by atoms with Crippen molar-refractivity contribution in [1.29, 1.82) is 0 Å². The zero-order valence-corrected chi connectivity index (χ0v) is 11.9. The maximum absolute atomic E-state index is 3.58. The first kappa shape index (κ1) is 13.6. The summed E-state index contributed by atoms with van der Waals surface area (Å²) in [5.74, 6) is 0. The van der Waals surface area contributed by atoms with Gasteiger partial charge in [-0.15, -0.1) is 0 Å². The first-order valence-corrected chi connectivity index (χ1v) is 7.22. The third-order valence-corrected chi connectivity index (χ3v) is 4.13. The van der Waals surface area contributed by atoms with Crippen molar-refractivity contribution in [2.75, 3.05) is 19.6 Å². The molecule has 1 N–H and O–H groups in total. The van der Waals surface area contributed by atoms with Gasteiger partial charge in [-0.2, -0.15) is 0 Å². The van der Waals surface area contributed by atoms with E-state index in [1.54, 1.807) is 0 Å². The molecule has 2 atom stereocenters. The van der Waals surface area contributed by atoms with Gasteiger partial charge in [0.15, 0.2) is 0 Å². The Morgan fingerprint density at radius 2 is 2.11 bits per heavy atom. The highest BCUT2D eigenvalue weighted by Gasteiger charge is 2.23. The van der Waals surface area contributed by atoms with Crippen molar-refractivity contribution >= 4 is 0 Å². The summed E-state index contributed by atoms with van der Waals surface area (Å²) in [6.45, 7) is 10.3. The van der Waals surface area contributed by atoms with Crippen LogP contribution in [0.2, 0.25) is 0 Å². The molecule has 0 bridgehead atoms. The molecule has 2 unspecified atom stereocenters. The van der Waals surface area contributed by atoms with Gasteiger partial charge in [-0.3, -0.25) is 4.90 Å². The summed E-state index contributed by atoms with van der Waals surface area (Å²) in [4.78, 5) is 2.66. The molecule has 1 aromatic carbocycles. The van der Waals surface area contributed by atoms with Crippen molar-refractivity contribution in [2.45, 2.75) is 45.7 Å². The number of aryl methyl sites for hydroxylation is 1. The molecule has 0 saturated carbocycles. The lowest BCUT2D eigenvalue weighted by Gasteiger charge is -2.39. The fourth-order valence-corrected chi connectivity index (χ4v) is 2.86. The number of piperazine rings is 1. The topological polar surface area (TPSA) is 15.3 Å². The van der Waals surface area contributed by atoms with Gasteiger partial charge >= 0.3 is 0 Å². The monoisotopic (exact) mass is 246 g/mol. The van der Waals surface area contributed by atoms with Gasteiger partial charge in [0.2, 0.25) is 0 Å². The van der Waals surface area contributed by atoms with E-state index in [-0.39, 0.29) is 0 Å². The van der Waals surface area contributed by atoms with Crippen LogP contribution in [-0.4, -0.2) is 36.6 Å². The van der Waals surface area contributed by atoms with E-state index < -0.39 is 0 Å². The molecule has 0 aliphatic carbocycles. The van der Waals surface area contributed by atoms with Crippen molar-refractivity contribution in [3.05, 3.63) is 35.4 Å². The van der Waals surface area contributed by atoms with E-state index in [0.29, 0.717) is 12.1 Å². The average Bonchev–Trinajstić information content (AvgIpc) is 2.38. The first-order chi connectivity index (χ1) is 8.70. The van der Waals surface area contributed by atoms with Gasteiger partial charge < -0.3 is 5.32 Å². The quantitative estimate of drug-likeness (QED) is 0.878. The number of hydrogen-bond donors (Lipinski definition) is 1. The molecule has 1 aliphatic rings. The lowest BCUT2D eigenvalue weighted by Crippen LogP contribution is -2.55. The number of nitrogens with zero attached hydrogens (tertiary/aromatic N) is 1. The molecule has 0 amide bonds. The van der Waals surface area contributed by atoms with Crippen LogP contribution in [0.5, 0.6) is 0 Å². The van der Waals surface area contributed by atoms with E-state index in [1.165, 1.54) is 37.1 Å². The normalized spacial score (nSPS) is 25.3. The van der Waals surface area contributed by atoms with Crippen LogP contribution in [0.25, 0.3) is 0 Å². The molecular formula is C16H26N2. The zero-order valence-electron chi connectivity index (χ0n) is 11.9. The van der Waals surface area contributed by atoms with Gasteiger partial charge in [-0.1, -0.05) is 31.2 Å². The van der Waals surface area contributed by atoms with Crippen LogP contribution in [0.1, 0.15) is 31.4 Å². The van der Waals surface area contributed by atoms with Crippen LogP contribution in [0.15, 0.2) is 24.3 Å². The molecule has 1 heterocycles. The third kappa shape index (κ3) is 3.33. The van der Waals surface area contributed by atoms with Crippen LogP contribution in [0, 0.1) is 6.92 Å². The fourth-order valence-electron chi connectivity index (χ4n) is 2.86. The maximum atomic E-state index is 3.58. The Bertz CT molecular complexity index is 375. The highest BCUT2D eigenvalue weighted by Crippen LogP contribution is 2.13. The van der Waals surface area contributed by atoms with Crippen LogP contribution in [0.3, 0.4) is 0 Å². The molecule has 2 rings (SSSR count). The molecule has 1 fully saturated rings. The molecule has 1 aromatic rings. The van der Waals surface area contributed by atoms with Crippen LogP contribution in [0.4, 0.5) is 0 Å². The van der Waals surface area contributed by atoms with E-state index >= 15 is 0 Å². The molecule has 0 aromatic heterocycles. The summed E-state index contributed by atoms with van der Waals surface area (Å²) in [5, 5.41) is 3.58. The summed E-state index contributed by atoms with van der Waals surface area (Å²) in [7, 11) is 0. The highest BCUT2D eigenvalue weighted by atomic mass is 15.2. The van der Waals surface area contributed by atoms with Crippen LogP contribution >= 0.6 is 0 Å². The maximum Gasteiger partial charge on any atom is 0.0218 e. The van der Waals surface area contributed by atoms with E-state index in [9.17, 15) is 0 Å². The molecule has 18 heavy (non-hydrogen) atoms. The minimum Gasteiger partial charge on any atom is -0.311 e. The predicted octanol–water partition coefficient (Wildman–Crippen LogP) is 2.61. The van der Waals surface area contributed by atoms with Gasteiger partial charge in [0.1, 0.15) is 0 Å². The summed E-state index contributed by atoms with van der Waals surface area (Å²) in [6.07, 6.45) is 2.42. The van der Waals surface area contributed by atoms with Gasteiger partial charge in [0.25, 0.3) is 0 Å². The fraction of sp³-hybridized carbons (Fsp3) is 0.625. The van der Waals surface area contributed by atoms with Crippen molar-refractivity contribution in [1.82, 2.24) is 10.2 Å². The van der Waals surface area contributed by atoms with Gasteiger partial charge in [0.05, 0.1) is 0 Å². The average molecular weight is 246 g/mol. The van der Waals surface area contributed by atoms with Gasteiger partial charge in [-0.05, 0) is 37.8 Å². The van der Waals surface area contributed by atoms with Gasteiger partial charge in [-0.25, -0.2) is 0 Å². The minimum atomic E-state index is 0.629. The second kappa shape index (κ2) is 6.35. The SMILES string of the molecule is CCC1CNC(C)CN1CCc1ccccc1C. The third-order valence-electron chi connectivity index (χ3n) is 4.13. The Morgan fingerprint density at radius 3 is 2.83 bits per heavy atom. The Hall–Kier alpha value is -0.860. The lowest BCUT2D eigenvalue weighted by molar-refractivity contribution is 0.133. The smallest absolute Gasteiger partial charge is 0.0218 e.